The molecule has 0 saturated heterocycles. The number of anilines is 1. The van der Waals surface area contributed by atoms with Crippen LogP contribution in [-0.4, -0.2) is 25.9 Å². The van der Waals surface area contributed by atoms with Crippen LogP contribution in [0.3, 0.4) is 0 Å². The Kier molecular flexibility index (Phi) is 6.77. The van der Waals surface area contributed by atoms with Crippen molar-refractivity contribution in [3.8, 4) is 11.1 Å². The maximum atomic E-state index is 14.7. The minimum absolute atomic E-state index is 0. The molecule has 32 heavy (non-hydrogen) atoms. The molecule has 1 aromatic heterocycles. The van der Waals surface area contributed by atoms with E-state index in [-0.39, 0.29) is 41.7 Å². The van der Waals surface area contributed by atoms with Gasteiger partial charge in [-0.2, -0.15) is 0 Å². The van der Waals surface area contributed by atoms with Crippen molar-refractivity contribution in [1.29, 1.82) is 0 Å². The van der Waals surface area contributed by atoms with Crippen LogP contribution in [-0.2, 0) is 23.0 Å². The number of nitrogens with one attached hydrogen (secondary N) is 2. The third-order valence-electron chi connectivity index (χ3n) is 4.89. The van der Waals surface area contributed by atoms with Gasteiger partial charge >= 0.3 is 0 Å². The predicted octanol–water partition coefficient (Wildman–Crippen LogP) is 2.99. The van der Waals surface area contributed by atoms with Crippen LogP contribution in [0.2, 0.25) is 0 Å². The topological polar surface area (TPSA) is 114 Å². The van der Waals surface area contributed by atoms with Crippen molar-refractivity contribution in [3.05, 3.63) is 77.1 Å². The van der Waals surface area contributed by atoms with Gasteiger partial charge in [-0.1, -0.05) is 24.3 Å². The van der Waals surface area contributed by atoms with Crippen LogP contribution in [0.1, 0.15) is 21.6 Å². The van der Waals surface area contributed by atoms with E-state index < -0.39 is 26.6 Å². The number of nitrogens with two attached hydrogens (primary N) is 1. The molecule has 0 saturated carbocycles. The van der Waals surface area contributed by atoms with Gasteiger partial charge in [-0.25, -0.2) is 17.2 Å². The lowest BCUT2D eigenvalue weighted by atomic mass is 10.0. The maximum Gasteiger partial charge on any atom is 0.265 e. The fourth-order valence-electron chi connectivity index (χ4n) is 3.41. The Hall–Kier alpha value is -3.08. The van der Waals surface area contributed by atoms with Gasteiger partial charge in [0.05, 0.1) is 23.1 Å². The zero-order chi connectivity index (χ0) is 22.2. The van der Waals surface area contributed by atoms with Crippen LogP contribution in [0, 0.1) is 11.6 Å². The Bertz CT molecular complexity index is 1280. The first-order valence-corrected chi connectivity index (χ1v) is 10.8. The number of carbonyl (C=O) groups is 1. The number of nitrogens with zero attached hydrogens (tertiary/aromatic N) is 1. The molecule has 0 bridgehead atoms. The Labute approximate surface area is 189 Å². The van der Waals surface area contributed by atoms with E-state index in [2.05, 4.69) is 15.0 Å². The van der Waals surface area contributed by atoms with Gasteiger partial charge in [-0.05, 0) is 23.3 Å². The smallest absolute Gasteiger partial charge is 0.265 e. The number of carbonyl (C=O) groups excluding carboxylic acids is 1. The number of hydrogen-bond acceptors (Lipinski definition) is 5. The molecule has 11 heteroatoms. The average Bonchev–Trinajstić information content (AvgIpc) is 2.73. The number of pyridine rings is 1. The molecule has 0 fully saturated rings. The van der Waals surface area contributed by atoms with Crippen molar-refractivity contribution in [2.24, 2.45) is 5.73 Å². The molecule has 0 unspecified atom stereocenters. The molecule has 0 atom stereocenters. The predicted molar refractivity (Wildman–Crippen MR) is 118 cm³/mol. The summed E-state index contributed by atoms with van der Waals surface area (Å²) >= 11 is 0. The molecule has 3 aromatic rings. The molecule has 0 spiro atoms. The molecule has 7 nitrogen and oxygen atoms in total. The van der Waals surface area contributed by atoms with Crippen molar-refractivity contribution in [2.45, 2.75) is 17.9 Å². The second kappa shape index (κ2) is 9.19. The van der Waals surface area contributed by atoms with Crippen LogP contribution < -0.4 is 15.8 Å². The van der Waals surface area contributed by atoms with Gasteiger partial charge in [0.15, 0.2) is 0 Å². The van der Waals surface area contributed by atoms with E-state index in [1.165, 1.54) is 12.3 Å². The van der Waals surface area contributed by atoms with Crippen molar-refractivity contribution < 1.29 is 22.0 Å². The van der Waals surface area contributed by atoms with Gasteiger partial charge in [-0.15, -0.1) is 12.4 Å². The van der Waals surface area contributed by atoms with Crippen LogP contribution in [0.25, 0.3) is 11.1 Å². The van der Waals surface area contributed by atoms with Crippen molar-refractivity contribution >= 4 is 34.0 Å². The summed E-state index contributed by atoms with van der Waals surface area (Å²) in [6, 6.07) is 9.17. The molecule has 0 aliphatic carbocycles. The van der Waals surface area contributed by atoms with Gasteiger partial charge in [0.25, 0.3) is 15.9 Å². The first-order valence-electron chi connectivity index (χ1n) is 9.37. The zero-order valence-electron chi connectivity index (χ0n) is 16.6. The molecule has 4 rings (SSSR count). The van der Waals surface area contributed by atoms with Crippen molar-refractivity contribution in [1.82, 2.24) is 10.3 Å². The molecule has 168 valence electrons. The van der Waals surface area contributed by atoms with Crippen LogP contribution in [0.15, 0.2) is 53.6 Å². The standard InChI is InChI=1S/C21H18F2N4O3S.ClH/c22-14-7-16(13-3-1-12(10-24)2-4-13)20(18(23)8-14)31(29,30)27-15-9-17-19(26-11-15)5-6-25-21(17)28;/h1-4,7-9,11,27H,5-6,10,24H2,(H,25,28);1H. The molecule has 1 aliphatic rings. The van der Waals surface area contributed by atoms with E-state index in [4.69, 9.17) is 5.73 Å². The first kappa shape index (κ1) is 23.6. The van der Waals surface area contributed by atoms with Gasteiger partial charge in [0.2, 0.25) is 0 Å². The number of halogens is 3. The highest BCUT2D eigenvalue weighted by atomic mass is 35.5. The third kappa shape index (κ3) is 4.57. The Morgan fingerprint density at radius 2 is 1.81 bits per heavy atom. The molecule has 2 aromatic carbocycles. The summed E-state index contributed by atoms with van der Waals surface area (Å²) in [5.74, 6) is -2.53. The number of amides is 1. The molecule has 1 aliphatic heterocycles. The Morgan fingerprint density at radius 3 is 2.50 bits per heavy atom. The zero-order valence-corrected chi connectivity index (χ0v) is 18.2. The minimum Gasteiger partial charge on any atom is -0.352 e. The molecule has 1 amide bonds. The quantitative estimate of drug-likeness (QED) is 0.519. The normalized spacial score (nSPS) is 13.0. The average molecular weight is 481 g/mol. The number of sulfonamides is 1. The van der Waals surface area contributed by atoms with E-state index in [9.17, 15) is 22.0 Å². The van der Waals surface area contributed by atoms with Crippen LogP contribution >= 0.6 is 12.4 Å². The van der Waals surface area contributed by atoms with Gasteiger partial charge in [-0.3, -0.25) is 14.5 Å². The highest BCUT2D eigenvalue weighted by Gasteiger charge is 2.27. The van der Waals surface area contributed by atoms with E-state index in [0.29, 0.717) is 30.3 Å². The lowest BCUT2D eigenvalue weighted by Gasteiger charge is -2.17. The van der Waals surface area contributed by atoms with Crippen molar-refractivity contribution in [3.63, 3.8) is 0 Å². The molecule has 0 radical (unpaired) electrons. The molecular formula is C21H19ClF2N4O3S. The second-order valence-electron chi connectivity index (χ2n) is 6.99. The van der Waals surface area contributed by atoms with Gasteiger partial charge < -0.3 is 11.1 Å². The summed E-state index contributed by atoms with van der Waals surface area (Å²) in [6.07, 6.45) is 1.77. The number of fused-ring (bicyclic) bond motifs is 1. The van der Waals surface area contributed by atoms with E-state index in [0.717, 1.165) is 11.6 Å². The van der Waals surface area contributed by atoms with E-state index in [1.54, 1.807) is 24.3 Å². The van der Waals surface area contributed by atoms with E-state index >= 15 is 0 Å². The Balaban J connectivity index is 0.00000289. The number of hydrogen-bond donors (Lipinski definition) is 3. The lowest BCUT2D eigenvalue weighted by Crippen LogP contribution is -2.32. The van der Waals surface area contributed by atoms with Crippen LogP contribution in [0.4, 0.5) is 14.5 Å². The molecule has 2 heterocycles. The summed E-state index contributed by atoms with van der Waals surface area (Å²) in [7, 11) is -4.49. The third-order valence-corrected chi connectivity index (χ3v) is 6.35. The largest absolute Gasteiger partial charge is 0.352 e. The number of aromatic nitrogens is 1. The highest BCUT2D eigenvalue weighted by molar-refractivity contribution is 7.92. The molecular weight excluding hydrogens is 462 g/mol. The number of rotatable bonds is 5. The van der Waals surface area contributed by atoms with Crippen molar-refractivity contribution in [2.75, 3.05) is 11.3 Å². The minimum atomic E-state index is -4.49. The molecule has 4 N–H and O–H groups in total. The first-order chi connectivity index (χ1) is 14.8. The second-order valence-corrected chi connectivity index (χ2v) is 8.61. The van der Waals surface area contributed by atoms with Gasteiger partial charge in [0, 0.05) is 31.1 Å². The summed E-state index contributed by atoms with van der Waals surface area (Å²) in [5, 5.41) is 2.65. The summed E-state index contributed by atoms with van der Waals surface area (Å²) < 4.78 is 57.1. The SMILES string of the molecule is Cl.NCc1ccc(-c2cc(F)cc(F)c2S(=O)(=O)Nc2cnc3c(c2)C(=O)NCC3)cc1. The van der Waals surface area contributed by atoms with Gasteiger partial charge in [0.1, 0.15) is 16.5 Å². The fourth-order valence-corrected chi connectivity index (χ4v) is 4.71. The highest BCUT2D eigenvalue weighted by Crippen LogP contribution is 2.32. The van der Waals surface area contributed by atoms with E-state index in [1.807, 2.05) is 0 Å². The monoisotopic (exact) mass is 480 g/mol. The summed E-state index contributed by atoms with van der Waals surface area (Å²) in [4.78, 5) is 15.4. The number of benzene rings is 2. The summed E-state index contributed by atoms with van der Waals surface area (Å²) in [6.45, 7) is 0.709. The van der Waals surface area contributed by atoms with Crippen LogP contribution in [0.5, 0.6) is 0 Å². The summed E-state index contributed by atoms with van der Waals surface area (Å²) in [5.41, 5.74) is 7.28. The Morgan fingerprint density at radius 1 is 1.09 bits per heavy atom. The lowest BCUT2D eigenvalue weighted by molar-refractivity contribution is 0.0945. The fraction of sp³-hybridized carbons (Fsp3) is 0.143. The maximum absolute atomic E-state index is 14.7.